The van der Waals surface area contributed by atoms with Crippen LogP contribution < -0.4 is 0 Å². The second kappa shape index (κ2) is 2.22. The largest absolute Gasteiger partial charge is 0.0533 e. The van der Waals surface area contributed by atoms with E-state index in [4.69, 9.17) is 1.37 Å². The normalized spacial score (nSPS) is 29.7. The van der Waals surface area contributed by atoms with Gasteiger partial charge in [0.05, 0.1) is 0 Å². The molecule has 0 unspecified atom stereocenters. The van der Waals surface area contributed by atoms with Gasteiger partial charge < -0.3 is 0 Å². The Balaban J connectivity index is 2.12. The molecule has 0 heterocycles. The van der Waals surface area contributed by atoms with E-state index in [1.807, 2.05) is 0 Å². The van der Waals surface area contributed by atoms with Gasteiger partial charge >= 0.3 is 0 Å². The van der Waals surface area contributed by atoms with Crippen molar-refractivity contribution in [2.45, 2.75) is 32.1 Å². The van der Waals surface area contributed by atoms with E-state index >= 15 is 0 Å². The van der Waals surface area contributed by atoms with Gasteiger partial charge in [0, 0.05) is 1.37 Å². The van der Waals surface area contributed by atoms with Gasteiger partial charge in [0.15, 0.2) is 0 Å². The summed E-state index contributed by atoms with van der Waals surface area (Å²) in [7, 11) is 0. The maximum atomic E-state index is 7.19. The quantitative estimate of drug-likeness (QED) is 0.422. The second-order valence-corrected chi connectivity index (χ2v) is 1.81. The fourth-order valence-electron chi connectivity index (χ4n) is 0.802. The molecule has 0 saturated heterocycles. The molecule has 0 nitrogen and oxygen atoms in total. The van der Waals surface area contributed by atoms with Crippen LogP contribution in [0.4, 0.5) is 0 Å². The van der Waals surface area contributed by atoms with Crippen LogP contribution in [0.15, 0.2) is 0 Å². The smallest absolute Gasteiger partial charge is 0.0306 e. The fourth-order valence-corrected chi connectivity index (χ4v) is 0.802. The molecule has 0 spiro atoms. The molecule has 0 aromatic rings. The summed E-state index contributed by atoms with van der Waals surface area (Å²) in [4.78, 5) is 0. The Bertz CT molecular complexity index is 46.1. The van der Waals surface area contributed by atoms with E-state index < -0.39 is 0 Å². The average molecular weight is 84.2 g/mol. The molecule has 1 aliphatic rings. The maximum absolute atomic E-state index is 7.19. The van der Waals surface area contributed by atoms with E-state index in [0.717, 1.165) is 19.2 Å². The number of rotatable bonds is 0. The Labute approximate surface area is 41.0 Å². The fraction of sp³-hybridized carbons (Fsp3) is 0.833. The van der Waals surface area contributed by atoms with Gasteiger partial charge in [-0.2, -0.15) is 0 Å². The molecule has 0 bridgehead atoms. The minimum Gasteiger partial charge on any atom is -0.0533 e. The van der Waals surface area contributed by atoms with Gasteiger partial charge in [-0.05, 0) is 6.40 Å². The monoisotopic (exact) mass is 84.1 g/mol. The summed E-state index contributed by atoms with van der Waals surface area (Å²) in [6.07, 6.45) is 6.98. The van der Waals surface area contributed by atoms with E-state index in [-0.39, 0.29) is 0 Å². The molecule has 1 saturated carbocycles. The van der Waals surface area contributed by atoms with E-state index in [0.29, 0.717) is 0 Å². The summed E-state index contributed by atoms with van der Waals surface area (Å²) >= 11 is 0. The summed E-state index contributed by atoms with van der Waals surface area (Å²) in [5.41, 5.74) is 0. The van der Waals surface area contributed by atoms with Gasteiger partial charge in [-0.1, -0.05) is 32.1 Å². The lowest BCUT2D eigenvalue weighted by Crippen LogP contribution is -1.87. The van der Waals surface area contributed by atoms with E-state index in [1.165, 1.54) is 19.3 Å². The standard InChI is InChI=1S/C6H11/c1-2-4-6-5-3-1/h1H,2-6H2/i1D. The van der Waals surface area contributed by atoms with Crippen molar-refractivity contribution >= 4 is 0 Å². The van der Waals surface area contributed by atoms with Crippen LogP contribution in [0.3, 0.4) is 0 Å². The van der Waals surface area contributed by atoms with E-state index in [9.17, 15) is 0 Å². The van der Waals surface area contributed by atoms with Crippen molar-refractivity contribution in [2.75, 3.05) is 0 Å². The Morgan fingerprint density at radius 3 is 2.17 bits per heavy atom. The first-order valence-corrected chi connectivity index (χ1v) is 2.71. The molecule has 1 rings (SSSR count). The van der Waals surface area contributed by atoms with Gasteiger partial charge in [0.1, 0.15) is 0 Å². The summed E-state index contributed by atoms with van der Waals surface area (Å²) in [5, 5.41) is 0. The molecule has 1 radical (unpaired) electrons. The molecule has 6 heavy (non-hydrogen) atoms. The predicted octanol–water partition coefficient (Wildman–Crippen LogP) is 2.15. The zero-order chi connectivity index (χ0) is 5.11. The van der Waals surface area contributed by atoms with Gasteiger partial charge in [-0.15, -0.1) is 0 Å². The molecule has 0 atom stereocenters. The number of hydrogen-bond acceptors (Lipinski definition) is 0. The molecule has 0 N–H and O–H groups in total. The van der Waals surface area contributed by atoms with Gasteiger partial charge in [0.2, 0.25) is 0 Å². The summed E-state index contributed by atoms with van der Waals surface area (Å²) in [6, 6.07) is 0. The molecule has 0 amide bonds. The second-order valence-electron chi connectivity index (χ2n) is 1.81. The first-order valence-electron chi connectivity index (χ1n) is 3.21. The van der Waals surface area contributed by atoms with Crippen molar-refractivity contribution in [2.24, 2.45) is 0 Å². The topological polar surface area (TPSA) is 0 Å². The molecule has 0 aromatic heterocycles. The first-order chi connectivity index (χ1) is 3.39. The summed E-state index contributed by atoms with van der Waals surface area (Å²) in [6.45, 7) is 0. The zero-order valence-corrected chi connectivity index (χ0v) is 4.04. The SMILES string of the molecule is [2H][C]1CCCCC1. The van der Waals surface area contributed by atoms with Crippen LogP contribution in [-0.2, 0) is 0 Å². The predicted molar refractivity (Wildman–Crippen MR) is 27.4 cm³/mol. The third kappa shape index (κ3) is 1.00. The Morgan fingerprint density at radius 2 is 1.83 bits per heavy atom. The lowest BCUT2D eigenvalue weighted by molar-refractivity contribution is 0.593. The zero-order valence-electron chi connectivity index (χ0n) is 5.04. The van der Waals surface area contributed by atoms with Crippen molar-refractivity contribution in [1.82, 2.24) is 0 Å². The van der Waals surface area contributed by atoms with Crippen LogP contribution in [0.1, 0.15) is 33.5 Å². The lowest BCUT2D eigenvalue weighted by Gasteiger charge is -2.05. The molecule has 0 aliphatic heterocycles. The van der Waals surface area contributed by atoms with Gasteiger partial charge in [0.25, 0.3) is 0 Å². The van der Waals surface area contributed by atoms with Crippen LogP contribution in [0, 0.1) is 6.40 Å². The molecule has 1 fully saturated rings. The van der Waals surface area contributed by atoms with Crippen LogP contribution in [-0.4, -0.2) is 0 Å². The van der Waals surface area contributed by atoms with Crippen molar-refractivity contribution < 1.29 is 1.37 Å². The molecular formula is C6H11. The van der Waals surface area contributed by atoms with E-state index in [2.05, 4.69) is 0 Å². The third-order valence-corrected chi connectivity index (χ3v) is 1.21. The minimum atomic E-state index is 0.964. The summed E-state index contributed by atoms with van der Waals surface area (Å²) in [5.74, 6) is 0. The highest BCUT2D eigenvalue weighted by Gasteiger charge is 1.95. The molecular weight excluding hydrogens is 72.1 g/mol. The highest BCUT2D eigenvalue weighted by atomic mass is 14.0. The molecule has 0 heteroatoms. The van der Waals surface area contributed by atoms with Crippen LogP contribution >= 0.6 is 0 Å². The van der Waals surface area contributed by atoms with Gasteiger partial charge in [-0.25, -0.2) is 0 Å². The highest BCUT2D eigenvalue weighted by molar-refractivity contribution is 4.69. The average Bonchev–Trinajstić information content (AvgIpc) is 1.69. The Morgan fingerprint density at radius 1 is 1.17 bits per heavy atom. The molecule has 0 aromatic carbocycles. The Kier molecular flexibility index (Phi) is 1.13. The number of hydrogen-bond donors (Lipinski definition) is 0. The minimum absolute atomic E-state index is 0.964. The lowest BCUT2D eigenvalue weighted by atomic mass is 10.0. The first kappa shape index (κ1) is 3.06. The maximum Gasteiger partial charge on any atom is 0.0306 e. The molecule has 35 valence electrons. The van der Waals surface area contributed by atoms with Crippen LogP contribution in [0.2, 0.25) is 0 Å². The van der Waals surface area contributed by atoms with Crippen LogP contribution in [0.25, 0.3) is 0 Å². The highest BCUT2D eigenvalue weighted by Crippen LogP contribution is 2.14. The van der Waals surface area contributed by atoms with Crippen molar-refractivity contribution in [1.29, 1.82) is 0 Å². The van der Waals surface area contributed by atoms with Crippen LogP contribution in [0.5, 0.6) is 0 Å². The van der Waals surface area contributed by atoms with Crippen molar-refractivity contribution in [3.05, 3.63) is 6.40 Å². The van der Waals surface area contributed by atoms with Crippen molar-refractivity contribution in [3.63, 3.8) is 0 Å². The van der Waals surface area contributed by atoms with E-state index in [1.54, 1.807) is 0 Å². The Hall–Kier alpha value is 0. The van der Waals surface area contributed by atoms with Gasteiger partial charge in [-0.3, -0.25) is 0 Å². The molecule has 1 aliphatic carbocycles. The summed E-state index contributed by atoms with van der Waals surface area (Å²) < 4.78 is 7.19. The van der Waals surface area contributed by atoms with Crippen molar-refractivity contribution in [3.8, 4) is 0 Å². The third-order valence-electron chi connectivity index (χ3n) is 1.21.